The van der Waals surface area contributed by atoms with Gasteiger partial charge < -0.3 is 13.6 Å². The zero-order chi connectivity index (χ0) is 16.6. The summed E-state index contributed by atoms with van der Waals surface area (Å²) < 4.78 is 11.9. The van der Waals surface area contributed by atoms with Crippen LogP contribution < -0.4 is 0 Å². The van der Waals surface area contributed by atoms with Crippen molar-refractivity contribution in [2.45, 2.75) is 38.8 Å². The Morgan fingerprint density at radius 1 is 1.23 bits per heavy atom. The summed E-state index contributed by atoms with van der Waals surface area (Å²) in [6.07, 6.45) is 0.623. The Morgan fingerprint density at radius 3 is 2.14 bits per heavy atom. The summed E-state index contributed by atoms with van der Waals surface area (Å²) in [4.78, 5) is 13.7. The third-order valence-corrected chi connectivity index (χ3v) is 4.24. The van der Waals surface area contributed by atoms with Crippen LogP contribution in [0.2, 0.25) is 13.1 Å². The zero-order valence-corrected chi connectivity index (χ0v) is 15.1. The van der Waals surface area contributed by atoms with Crippen molar-refractivity contribution in [2.75, 3.05) is 0 Å². The van der Waals surface area contributed by atoms with Gasteiger partial charge in [0.25, 0.3) is 0 Å². The fourth-order valence-electron chi connectivity index (χ4n) is 2.15. The number of nitrogens with zero attached hydrogens (tertiary/aromatic N) is 3. The van der Waals surface area contributed by atoms with Crippen LogP contribution in [0, 0.1) is 5.92 Å². The van der Waals surface area contributed by atoms with Crippen molar-refractivity contribution < 1.29 is 13.6 Å². The molecule has 0 aliphatic rings. The monoisotopic (exact) mass is 333 g/mol. The van der Waals surface area contributed by atoms with Crippen LogP contribution in [-0.4, -0.2) is 25.8 Å². The molecule has 0 spiro atoms. The minimum atomic E-state index is -0.810. The molecule has 8 heteroatoms. The number of azide groups is 1. The Hall–Kier alpha value is -1.45. The Labute approximate surface area is 135 Å². The van der Waals surface area contributed by atoms with Gasteiger partial charge in [-0.2, -0.15) is 0 Å². The lowest BCUT2D eigenvalue weighted by molar-refractivity contribution is -0.156. The zero-order valence-electron chi connectivity index (χ0n) is 13.1. The van der Waals surface area contributed by atoms with Crippen molar-refractivity contribution in [3.05, 3.63) is 45.8 Å². The second-order valence-corrected chi connectivity index (χ2v) is 6.07. The first-order valence-corrected chi connectivity index (χ1v) is 9.66. The molecule has 0 aliphatic heterocycles. The predicted molar refractivity (Wildman–Crippen MR) is 86.3 cm³/mol. The van der Waals surface area contributed by atoms with Crippen LogP contribution in [0.5, 0.6) is 0 Å². The van der Waals surface area contributed by atoms with E-state index in [2.05, 4.69) is 10.0 Å². The summed E-state index contributed by atoms with van der Waals surface area (Å²) in [6.45, 7) is 8.00. The third kappa shape index (κ3) is 4.05. The van der Waals surface area contributed by atoms with Crippen LogP contribution in [0.1, 0.15) is 31.0 Å². The van der Waals surface area contributed by atoms with Crippen LogP contribution in [0.15, 0.2) is 29.4 Å². The fourth-order valence-corrected chi connectivity index (χ4v) is 3.63. The molecule has 0 fully saturated rings. The second-order valence-electron chi connectivity index (χ2n) is 4.84. The first-order valence-electron chi connectivity index (χ1n) is 6.85. The molecule has 1 rings (SSSR count). The molecule has 6 nitrogen and oxygen atoms in total. The minimum absolute atomic E-state index is 0.122. The topological polar surface area (TPSA) is 84.3 Å². The van der Waals surface area contributed by atoms with E-state index in [1.165, 1.54) is 0 Å². The lowest BCUT2D eigenvalue weighted by Crippen LogP contribution is -2.40. The lowest BCUT2D eigenvalue weighted by Gasteiger charge is -2.38. The molecule has 0 amide bonds. The van der Waals surface area contributed by atoms with E-state index in [1.54, 1.807) is 12.1 Å². The van der Waals surface area contributed by atoms with Gasteiger partial charge in [-0.15, -0.1) is 0 Å². The van der Waals surface area contributed by atoms with Gasteiger partial charge in [-0.1, -0.05) is 43.2 Å². The van der Waals surface area contributed by atoms with E-state index in [-0.39, 0.29) is 25.4 Å². The summed E-state index contributed by atoms with van der Waals surface area (Å²) >= 11 is 0. The van der Waals surface area contributed by atoms with Crippen LogP contribution in [0.25, 0.3) is 10.4 Å². The average molecular weight is 333 g/mol. The van der Waals surface area contributed by atoms with Crippen molar-refractivity contribution in [2.24, 2.45) is 11.0 Å². The standard InChI is InChI=1S/C14H19N3O3Si2/c1-10(2)14(19-21-3,20-22-4)12-7-5-11(6-8-12)13(9-18)16-17-15/h5-10,13H,1-4H3. The van der Waals surface area contributed by atoms with Crippen LogP contribution in [0.3, 0.4) is 0 Å². The number of hydrogen-bond donors (Lipinski definition) is 0. The minimum Gasteiger partial charge on any atom is -0.388 e. The smallest absolute Gasteiger partial charge is 0.230 e. The molecular weight excluding hydrogens is 314 g/mol. The van der Waals surface area contributed by atoms with E-state index in [0.29, 0.717) is 11.8 Å². The van der Waals surface area contributed by atoms with Gasteiger partial charge in [-0.25, -0.2) is 0 Å². The number of benzene rings is 1. The van der Waals surface area contributed by atoms with Crippen LogP contribution in [0.4, 0.5) is 0 Å². The van der Waals surface area contributed by atoms with E-state index >= 15 is 0 Å². The largest absolute Gasteiger partial charge is 0.388 e. The van der Waals surface area contributed by atoms with Crippen molar-refractivity contribution in [3.8, 4) is 0 Å². The molecule has 1 aromatic carbocycles. The number of hydrogen-bond acceptors (Lipinski definition) is 4. The van der Waals surface area contributed by atoms with Gasteiger partial charge >= 0.3 is 0 Å². The van der Waals surface area contributed by atoms with Gasteiger partial charge in [0.1, 0.15) is 12.3 Å². The van der Waals surface area contributed by atoms with Gasteiger partial charge in [0.15, 0.2) is 5.79 Å². The highest BCUT2D eigenvalue weighted by molar-refractivity contribution is 6.26. The Kier molecular flexibility index (Phi) is 7.50. The summed E-state index contributed by atoms with van der Waals surface area (Å²) in [5, 5.41) is 3.47. The molecule has 0 N–H and O–H groups in total. The van der Waals surface area contributed by atoms with E-state index in [4.69, 9.17) is 14.4 Å². The van der Waals surface area contributed by atoms with E-state index in [9.17, 15) is 4.79 Å². The normalized spacial score (nSPS) is 12.8. The number of aldehydes is 1. The van der Waals surface area contributed by atoms with E-state index in [1.807, 2.05) is 39.1 Å². The Balaban J connectivity index is 3.22. The number of rotatable bonds is 9. The quantitative estimate of drug-likeness (QED) is 0.173. The molecule has 1 atom stereocenters. The molecule has 0 aliphatic carbocycles. The summed E-state index contributed by atoms with van der Waals surface area (Å²) in [5.74, 6) is -0.675. The second kappa shape index (κ2) is 8.87. The number of carbonyl (C=O) groups excluding carboxylic acids is 1. The molecular formula is C14H19N3O3Si2. The highest BCUT2D eigenvalue weighted by Gasteiger charge is 2.37. The van der Waals surface area contributed by atoms with Crippen LogP contribution >= 0.6 is 0 Å². The van der Waals surface area contributed by atoms with Gasteiger partial charge in [0.05, 0.1) is 0 Å². The maximum atomic E-state index is 11.0. The molecule has 0 saturated heterocycles. The molecule has 1 aromatic rings. The first kappa shape index (κ1) is 18.6. The highest BCUT2D eigenvalue weighted by Crippen LogP contribution is 2.35. The fraction of sp³-hybridized carbons (Fsp3) is 0.500. The maximum absolute atomic E-state index is 11.0. The number of carbonyl (C=O) groups is 1. The first-order chi connectivity index (χ1) is 10.6. The lowest BCUT2D eigenvalue weighted by atomic mass is 9.93. The summed E-state index contributed by atoms with van der Waals surface area (Å²) in [6, 6.07) is 6.45. The molecule has 1 unspecified atom stereocenters. The molecule has 116 valence electrons. The van der Waals surface area contributed by atoms with Crippen LogP contribution in [-0.2, 0) is 19.4 Å². The van der Waals surface area contributed by atoms with Crippen molar-refractivity contribution in [1.29, 1.82) is 0 Å². The molecule has 22 heavy (non-hydrogen) atoms. The highest BCUT2D eigenvalue weighted by atomic mass is 28.2. The Morgan fingerprint density at radius 2 is 1.77 bits per heavy atom. The summed E-state index contributed by atoms with van der Waals surface area (Å²) in [5.41, 5.74) is 10.0. The van der Waals surface area contributed by atoms with Crippen molar-refractivity contribution in [1.82, 2.24) is 0 Å². The molecule has 0 saturated carbocycles. The third-order valence-electron chi connectivity index (χ3n) is 3.23. The Bertz CT molecular complexity index is 525. The van der Waals surface area contributed by atoms with E-state index in [0.717, 1.165) is 5.56 Å². The SMILES string of the molecule is C[Si]OC(O[Si]C)(c1ccc(C(C=O)N=[N+]=[N-])cc1)C(C)C. The molecule has 0 aromatic heterocycles. The van der Waals surface area contributed by atoms with E-state index < -0.39 is 11.8 Å². The van der Waals surface area contributed by atoms with Crippen molar-refractivity contribution >= 4 is 25.8 Å². The maximum Gasteiger partial charge on any atom is 0.230 e. The molecule has 0 heterocycles. The average Bonchev–Trinajstić information content (AvgIpc) is 2.52. The van der Waals surface area contributed by atoms with Gasteiger partial charge in [-0.05, 0) is 24.2 Å². The molecule has 4 radical (unpaired) electrons. The van der Waals surface area contributed by atoms with Gasteiger partial charge in [-0.3, -0.25) is 0 Å². The predicted octanol–water partition coefficient (Wildman–Crippen LogP) is 3.41. The van der Waals surface area contributed by atoms with Gasteiger partial charge in [0, 0.05) is 16.4 Å². The van der Waals surface area contributed by atoms with Crippen molar-refractivity contribution in [3.63, 3.8) is 0 Å². The molecule has 0 bridgehead atoms. The summed E-state index contributed by atoms with van der Waals surface area (Å²) in [7, 11) is 0.573. The van der Waals surface area contributed by atoms with Gasteiger partial charge in [0.2, 0.25) is 19.5 Å².